The maximum atomic E-state index is 5.86. The molecule has 98 valence electrons. The number of pyridine rings is 1. The molecule has 1 aliphatic heterocycles. The fourth-order valence-corrected chi connectivity index (χ4v) is 2.53. The van der Waals surface area contributed by atoms with Gasteiger partial charge in [0.2, 0.25) is 0 Å². The Labute approximate surface area is 113 Å². The fraction of sp³-hybridized carbons (Fsp3) is 0.312. The summed E-state index contributed by atoms with van der Waals surface area (Å²) >= 11 is 0. The van der Waals surface area contributed by atoms with E-state index in [9.17, 15) is 0 Å². The van der Waals surface area contributed by atoms with Crippen molar-refractivity contribution in [1.29, 1.82) is 0 Å². The quantitative estimate of drug-likeness (QED) is 0.845. The first kappa shape index (κ1) is 12.0. The van der Waals surface area contributed by atoms with Gasteiger partial charge in [0.05, 0.1) is 13.7 Å². The van der Waals surface area contributed by atoms with Crippen molar-refractivity contribution < 1.29 is 9.47 Å². The largest absolute Gasteiger partial charge is 0.497 e. The monoisotopic (exact) mass is 255 g/mol. The summed E-state index contributed by atoms with van der Waals surface area (Å²) in [6, 6.07) is 10.2. The van der Waals surface area contributed by atoms with Crippen LogP contribution in [0.5, 0.6) is 11.5 Å². The molecule has 1 aromatic heterocycles. The van der Waals surface area contributed by atoms with Gasteiger partial charge in [-0.05, 0) is 42.2 Å². The number of rotatable bonds is 3. The van der Waals surface area contributed by atoms with Gasteiger partial charge in [-0.3, -0.25) is 4.98 Å². The van der Waals surface area contributed by atoms with E-state index >= 15 is 0 Å². The zero-order valence-corrected chi connectivity index (χ0v) is 11.0. The lowest BCUT2D eigenvalue weighted by Crippen LogP contribution is -2.22. The molecule has 2 aromatic rings. The first-order chi connectivity index (χ1) is 9.35. The van der Waals surface area contributed by atoms with Crippen molar-refractivity contribution in [3.8, 4) is 11.5 Å². The van der Waals surface area contributed by atoms with E-state index in [2.05, 4.69) is 23.2 Å². The van der Waals surface area contributed by atoms with Crippen LogP contribution >= 0.6 is 0 Å². The van der Waals surface area contributed by atoms with Crippen molar-refractivity contribution >= 4 is 0 Å². The summed E-state index contributed by atoms with van der Waals surface area (Å²) in [5.74, 6) is 2.35. The summed E-state index contributed by atoms with van der Waals surface area (Å²) in [4.78, 5) is 4.05. The van der Waals surface area contributed by atoms with Crippen LogP contribution in [0.4, 0.5) is 0 Å². The highest BCUT2D eigenvalue weighted by atomic mass is 16.5. The molecule has 0 saturated heterocycles. The molecule has 1 aromatic carbocycles. The van der Waals surface area contributed by atoms with Crippen molar-refractivity contribution in [1.82, 2.24) is 4.98 Å². The Morgan fingerprint density at radius 2 is 2.11 bits per heavy atom. The molecular weight excluding hydrogens is 238 g/mol. The Morgan fingerprint density at radius 3 is 2.89 bits per heavy atom. The van der Waals surface area contributed by atoms with E-state index in [-0.39, 0.29) is 0 Å². The first-order valence-electron chi connectivity index (χ1n) is 6.54. The molecule has 0 N–H and O–H groups in total. The molecule has 3 rings (SSSR count). The highest BCUT2D eigenvalue weighted by molar-refractivity contribution is 5.42. The Kier molecular flexibility index (Phi) is 3.36. The zero-order valence-electron chi connectivity index (χ0n) is 11.0. The molecule has 1 unspecified atom stereocenters. The Bertz CT molecular complexity index is 554. The molecule has 1 atom stereocenters. The lowest BCUT2D eigenvalue weighted by molar-refractivity contribution is 0.220. The van der Waals surface area contributed by atoms with Gasteiger partial charge in [-0.15, -0.1) is 0 Å². The number of fused-ring (bicyclic) bond motifs is 1. The third-order valence-corrected chi connectivity index (χ3v) is 3.53. The maximum absolute atomic E-state index is 5.86. The summed E-state index contributed by atoms with van der Waals surface area (Å²) in [6.07, 6.45) is 5.78. The molecule has 3 heteroatoms. The van der Waals surface area contributed by atoms with Crippen molar-refractivity contribution in [2.24, 2.45) is 5.92 Å². The summed E-state index contributed by atoms with van der Waals surface area (Å²) in [5.41, 5.74) is 2.59. The summed E-state index contributed by atoms with van der Waals surface area (Å²) in [7, 11) is 1.68. The van der Waals surface area contributed by atoms with E-state index < -0.39 is 0 Å². The van der Waals surface area contributed by atoms with Crippen molar-refractivity contribution in [3.63, 3.8) is 0 Å². The number of nitrogens with zero attached hydrogens (tertiary/aromatic N) is 1. The molecule has 0 spiro atoms. The van der Waals surface area contributed by atoms with Crippen LogP contribution in [0.25, 0.3) is 0 Å². The van der Waals surface area contributed by atoms with Crippen LogP contribution < -0.4 is 9.47 Å². The van der Waals surface area contributed by atoms with Gasteiger partial charge in [0, 0.05) is 24.4 Å². The van der Waals surface area contributed by atoms with Crippen LogP contribution in [0.3, 0.4) is 0 Å². The number of ether oxygens (including phenoxy) is 2. The maximum Gasteiger partial charge on any atom is 0.126 e. The standard InChI is InChI=1S/C16H17NO2/c1-18-15-3-2-14-9-13(11-19-16(14)10-15)8-12-4-6-17-7-5-12/h2-7,10,13H,8-9,11H2,1H3. The fourth-order valence-electron chi connectivity index (χ4n) is 2.53. The number of aromatic nitrogens is 1. The first-order valence-corrected chi connectivity index (χ1v) is 6.54. The second-order valence-corrected chi connectivity index (χ2v) is 4.91. The lowest BCUT2D eigenvalue weighted by atomic mass is 9.91. The molecule has 1 aliphatic rings. The number of benzene rings is 1. The van der Waals surface area contributed by atoms with Gasteiger partial charge in [0.15, 0.2) is 0 Å². The number of methoxy groups -OCH3 is 1. The molecule has 0 aliphatic carbocycles. The molecule has 0 bridgehead atoms. The minimum Gasteiger partial charge on any atom is -0.497 e. The van der Waals surface area contributed by atoms with Crippen molar-refractivity contribution in [3.05, 3.63) is 53.9 Å². The normalized spacial score (nSPS) is 17.4. The third-order valence-electron chi connectivity index (χ3n) is 3.53. The Hall–Kier alpha value is -2.03. The summed E-state index contributed by atoms with van der Waals surface area (Å²) < 4.78 is 11.1. The highest BCUT2D eigenvalue weighted by Gasteiger charge is 2.20. The number of hydrogen-bond acceptors (Lipinski definition) is 3. The predicted molar refractivity (Wildman–Crippen MR) is 73.6 cm³/mol. The summed E-state index contributed by atoms with van der Waals surface area (Å²) in [5, 5.41) is 0. The molecular formula is C16H17NO2. The highest BCUT2D eigenvalue weighted by Crippen LogP contribution is 2.31. The molecule has 2 heterocycles. The molecule has 0 fully saturated rings. The van der Waals surface area contributed by atoms with Gasteiger partial charge >= 0.3 is 0 Å². The smallest absolute Gasteiger partial charge is 0.126 e. The molecule has 0 radical (unpaired) electrons. The van der Waals surface area contributed by atoms with Crippen LogP contribution in [0.15, 0.2) is 42.7 Å². The van der Waals surface area contributed by atoms with Crippen LogP contribution in [-0.2, 0) is 12.8 Å². The van der Waals surface area contributed by atoms with Gasteiger partial charge in [-0.1, -0.05) is 6.07 Å². The second kappa shape index (κ2) is 5.31. The van der Waals surface area contributed by atoms with E-state index in [0.717, 1.165) is 30.9 Å². The topological polar surface area (TPSA) is 31.4 Å². The average Bonchev–Trinajstić information content (AvgIpc) is 2.48. The third kappa shape index (κ3) is 2.70. The van der Waals surface area contributed by atoms with Crippen LogP contribution in [0, 0.1) is 5.92 Å². The van der Waals surface area contributed by atoms with Gasteiger partial charge in [-0.2, -0.15) is 0 Å². The molecule has 0 saturated carbocycles. The van der Waals surface area contributed by atoms with Gasteiger partial charge in [-0.25, -0.2) is 0 Å². The average molecular weight is 255 g/mol. The summed E-state index contributed by atoms with van der Waals surface area (Å²) in [6.45, 7) is 0.766. The van der Waals surface area contributed by atoms with Crippen LogP contribution in [0.2, 0.25) is 0 Å². The van der Waals surface area contributed by atoms with Gasteiger partial charge < -0.3 is 9.47 Å². The second-order valence-electron chi connectivity index (χ2n) is 4.91. The minimum absolute atomic E-state index is 0.531. The SMILES string of the molecule is COc1ccc2c(c1)OCC(Cc1ccncc1)C2. The van der Waals surface area contributed by atoms with Gasteiger partial charge in [0.1, 0.15) is 11.5 Å². The predicted octanol–water partition coefficient (Wildman–Crippen LogP) is 2.88. The minimum atomic E-state index is 0.531. The van der Waals surface area contributed by atoms with Crippen LogP contribution in [-0.4, -0.2) is 18.7 Å². The van der Waals surface area contributed by atoms with Crippen molar-refractivity contribution in [2.75, 3.05) is 13.7 Å². The zero-order chi connectivity index (χ0) is 13.1. The van der Waals surface area contributed by atoms with E-state index in [4.69, 9.17) is 9.47 Å². The Morgan fingerprint density at radius 1 is 1.26 bits per heavy atom. The Balaban J connectivity index is 1.72. The van der Waals surface area contributed by atoms with Crippen LogP contribution in [0.1, 0.15) is 11.1 Å². The van der Waals surface area contributed by atoms with E-state index in [1.165, 1.54) is 11.1 Å². The number of hydrogen-bond donors (Lipinski definition) is 0. The molecule has 19 heavy (non-hydrogen) atoms. The van der Waals surface area contributed by atoms with Gasteiger partial charge in [0.25, 0.3) is 0 Å². The van der Waals surface area contributed by atoms with E-state index in [0.29, 0.717) is 5.92 Å². The molecule has 3 nitrogen and oxygen atoms in total. The lowest BCUT2D eigenvalue weighted by Gasteiger charge is -2.25. The molecule has 0 amide bonds. The van der Waals surface area contributed by atoms with Crippen molar-refractivity contribution in [2.45, 2.75) is 12.8 Å². The van der Waals surface area contributed by atoms with E-state index in [1.807, 2.05) is 24.5 Å². The van der Waals surface area contributed by atoms with E-state index in [1.54, 1.807) is 7.11 Å².